The third-order valence-corrected chi connectivity index (χ3v) is 5.33. The molecule has 3 rings (SSSR count). The maximum Gasteiger partial charge on any atom is 0.278 e. The topological polar surface area (TPSA) is 63.5 Å². The quantitative estimate of drug-likeness (QED) is 0.594. The van der Waals surface area contributed by atoms with Crippen LogP contribution in [-0.4, -0.2) is 59.9 Å². The number of thiazole rings is 1. The number of hydrogen-bond acceptors (Lipinski definition) is 6. The Hall–Kier alpha value is -2.45. The Morgan fingerprint density at radius 2 is 2.07 bits per heavy atom. The van der Waals surface area contributed by atoms with E-state index in [4.69, 9.17) is 9.72 Å². The van der Waals surface area contributed by atoms with Crippen molar-refractivity contribution in [1.82, 2.24) is 19.7 Å². The van der Waals surface area contributed by atoms with Crippen LogP contribution in [0.3, 0.4) is 0 Å². The van der Waals surface area contributed by atoms with Gasteiger partial charge >= 0.3 is 0 Å². The molecule has 0 bridgehead atoms. The van der Waals surface area contributed by atoms with Crippen LogP contribution in [0.4, 0.5) is 5.13 Å². The monoisotopic (exact) mass is 387 g/mol. The predicted molar refractivity (Wildman–Crippen MR) is 109 cm³/mol. The van der Waals surface area contributed by atoms with E-state index in [2.05, 4.69) is 10.00 Å². The van der Waals surface area contributed by atoms with Crippen LogP contribution in [-0.2, 0) is 6.54 Å². The summed E-state index contributed by atoms with van der Waals surface area (Å²) in [6.45, 7) is 4.11. The van der Waals surface area contributed by atoms with Crippen LogP contribution in [0.1, 0.15) is 23.8 Å². The molecular formula is C19H25N5O2S. The van der Waals surface area contributed by atoms with Gasteiger partial charge in [0.1, 0.15) is 17.0 Å². The highest BCUT2D eigenvalue weighted by molar-refractivity contribution is 7.22. The molecule has 3 aromatic rings. The molecule has 0 saturated carbocycles. The number of hydrogen-bond donors (Lipinski definition) is 0. The van der Waals surface area contributed by atoms with Crippen molar-refractivity contribution in [3.05, 3.63) is 36.2 Å². The third kappa shape index (κ3) is 4.12. The van der Waals surface area contributed by atoms with E-state index in [1.807, 2.05) is 39.2 Å². The molecule has 144 valence electrons. The van der Waals surface area contributed by atoms with E-state index in [-0.39, 0.29) is 5.91 Å². The lowest BCUT2D eigenvalue weighted by Crippen LogP contribution is -2.34. The fraction of sp³-hybridized carbons (Fsp3) is 0.421. The summed E-state index contributed by atoms with van der Waals surface area (Å²) in [5, 5.41) is 4.92. The minimum absolute atomic E-state index is 0.0777. The van der Waals surface area contributed by atoms with Crippen LogP contribution in [0.5, 0.6) is 5.75 Å². The van der Waals surface area contributed by atoms with Crippen molar-refractivity contribution in [2.24, 2.45) is 0 Å². The zero-order valence-electron chi connectivity index (χ0n) is 16.2. The molecule has 2 heterocycles. The van der Waals surface area contributed by atoms with Gasteiger partial charge in [-0.25, -0.2) is 4.98 Å². The largest absolute Gasteiger partial charge is 0.494 e. The fourth-order valence-corrected chi connectivity index (χ4v) is 3.93. The van der Waals surface area contributed by atoms with Crippen molar-refractivity contribution in [3.63, 3.8) is 0 Å². The second-order valence-electron chi connectivity index (χ2n) is 6.45. The number of carbonyl (C=O) groups is 1. The van der Waals surface area contributed by atoms with E-state index in [1.54, 1.807) is 29.0 Å². The van der Waals surface area contributed by atoms with Gasteiger partial charge in [-0.1, -0.05) is 17.4 Å². The zero-order valence-corrected chi connectivity index (χ0v) is 17.0. The average molecular weight is 388 g/mol. The van der Waals surface area contributed by atoms with E-state index in [0.717, 1.165) is 23.2 Å². The summed E-state index contributed by atoms with van der Waals surface area (Å²) in [4.78, 5) is 21.9. The Morgan fingerprint density at radius 1 is 1.26 bits per heavy atom. The highest BCUT2D eigenvalue weighted by Gasteiger charge is 2.24. The fourth-order valence-electron chi connectivity index (χ4n) is 2.93. The lowest BCUT2D eigenvalue weighted by Gasteiger charge is -2.21. The average Bonchev–Trinajstić information content (AvgIpc) is 3.30. The summed E-state index contributed by atoms with van der Waals surface area (Å²) < 4.78 is 8.14. The first-order chi connectivity index (χ1) is 13.0. The molecule has 1 aromatic carbocycles. The molecule has 0 saturated heterocycles. The second kappa shape index (κ2) is 8.49. The number of para-hydroxylation sites is 1. The van der Waals surface area contributed by atoms with Gasteiger partial charge in [0.25, 0.3) is 5.91 Å². The number of benzene rings is 1. The lowest BCUT2D eigenvalue weighted by atomic mass is 10.3. The molecule has 27 heavy (non-hydrogen) atoms. The summed E-state index contributed by atoms with van der Waals surface area (Å²) in [6, 6.07) is 7.58. The second-order valence-corrected chi connectivity index (χ2v) is 7.46. The number of aryl methyl sites for hydroxylation is 1. The molecule has 7 nitrogen and oxygen atoms in total. The molecule has 0 N–H and O–H groups in total. The highest BCUT2D eigenvalue weighted by Crippen LogP contribution is 2.34. The van der Waals surface area contributed by atoms with Crippen molar-refractivity contribution in [3.8, 4) is 5.75 Å². The number of amides is 1. The van der Waals surface area contributed by atoms with E-state index in [0.29, 0.717) is 29.7 Å². The summed E-state index contributed by atoms with van der Waals surface area (Å²) in [5.41, 5.74) is 1.36. The van der Waals surface area contributed by atoms with Crippen LogP contribution < -0.4 is 9.64 Å². The van der Waals surface area contributed by atoms with Gasteiger partial charge in [0.05, 0.1) is 11.8 Å². The number of nitrogens with zero attached hydrogens (tertiary/aromatic N) is 5. The molecule has 0 radical (unpaired) electrons. The molecule has 0 aliphatic rings. The SMILES string of the molecule is CCn1nccc1C(=O)N(CCCN(C)C)c1nc2c(OC)cccc2s1. The smallest absolute Gasteiger partial charge is 0.278 e. The van der Waals surface area contributed by atoms with E-state index < -0.39 is 0 Å². The van der Waals surface area contributed by atoms with Gasteiger partial charge in [0.2, 0.25) is 0 Å². The Bertz CT molecular complexity index is 918. The van der Waals surface area contributed by atoms with Gasteiger partial charge in [-0.15, -0.1) is 0 Å². The van der Waals surface area contributed by atoms with Gasteiger partial charge in [-0.2, -0.15) is 5.10 Å². The summed E-state index contributed by atoms with van der Waals surface area (Å²) in [6.07, 6.45) is 2.52. The van der Waals surface area contributed by atoms with Crippen LogP contribution in [0.2, 0.25) is 0 Å². The van der Waals surface area contributed by atoms with Crippen LogP contribution in [0.15, 0.2) is 30.5 Å². The molecule has 0 unspecified atom stereocenters. The first-order valence-electron chi connectivity index (χ1n) is 8.97. The standard InChI is InChI=1S/C19H25N5O2S/c1-5-24-14(10-11-20-24)18(25)23(13-7-12-22(2)3)19-21-17-15(26-4)8-6-9-16(17)27-19/h6,8-11H,5,7,12-13H2,1-4H3. The van der Waals surface area contributed by atoms with Gasteiger partial charge in [-0.3, -0.25) is 14.4 Å². The normalized spacial score (nSPS) is 11.3. The summed E-state index contributed by atoms with van der Waals surface area (Å²) in [7, 11) is 5.69. The maximum absolute atomic E-state index is 13.3. The van der Waals surface area contributed by atoms with Gasteiger partial charge in [0.15, 0.2) is 5.13 Å². The molecule has 0 aliphatic heterocycles. The first kappa shape index (κ1) is 19.3. The van der Waals surface area contributed by atoms with Gasteiger partial charge < -0.3 is 9.64 Å². The maximum atomic E-state index is 13.3. The number of carbonyl (C=O) groups excluding carboxylic acids is 1. The number of ether oxygens (including phenoxy) is 1. The molecule has 0 fully saturated rings. The van der Waals surface area contributed by atoms with Crippen LogP contribution in [0.25, 0.3) is 10.2 Å². The van der Waals surface area contributed by atoms with Gasteiger partial charge in [0, 0.05) is 19.3 Å². The molecule has 1 amide bonds. The Morgan fingerprint density at radius 3 is 2.78 bits per heavy atom. The molecule has 2 aromatic heterocycles. The minimum atomic E-state index is -0.0777. The van der Waals surface area contributed by atoms with Crippen LogP contribution in [0, 0.1) is 0 Å². The summed E-state index contributed by atoms with van der Waals surface area (Å²) in [5.74, 6) is 0.639. The number of methoxy groups -OCH3 is 1. The molecule has 0 atom stereocenters. The van der Waals surface area contributed by atoms with Crippen LogP contribution >= 0.6 is 11.3 Å². The Labute approximate surface area is 163 Å². The van der Waals surface area contributed by atoms with E-state index >= 15 is 0 Å². The summed E-state index contributed by atoms with van der Waals surface area (Å²) >= 11 is 1.50. The number of rotatable bonds is 8. The number of fused-ring (bicyclic) bond motifs is 1. The molecule has 0 aliphatic carbocycles. The van der Waals surface area contributed by atoms with E-state index in [9.17, 15) is 4.79 Å². The van der Waals surface area contributed by atoms with Gasteiger partial charge in [-0.05, 0) is 52.2 Å². The zero-order chi connectivity index (χ0) is 19.4. The lowest BCUT2D eigenvalue weighted by molar-refractivity contribution is 0.0975. The number of anilines is 1. The van der Waals surface area contributed by atoms with E-state index in [1.165, 1.54) is 11.3 Å². The van der Waals surface area contributed by atoms with Crippen molar-refractivity contribution in [2.45, 2.75) is 19.9 Å². The van der Waals surface area contributed by atoms with Crippen molar-refractivity contribution in [2.75, 3.05) is 39.2 Å². The molecule has 0 spiro atoms. The Kier molecular flexibility index (Phi) is 6.08. The molecule has 8 heteroatoms. The Balaban J connectivity index is 1.97. The van der Waals surface area contributed by atoms with Crippen molar-refractivity contribution >= 4 is 32.6 Å². The predicted octanol–water partition coefficient (Wildman–Crippen LogP) is 3.12. The third-order valence-electron chi connectivity index (χ3n) is 4.29. The minimum Gasteiger partial charge on any atom is -0.494 e. The first-order valence-corrected chi connectivity index (χ1v) is 9.78. The van der Waals surface area contributed by atoms with Crippen molar-refractivity contribution in [1.29, 1.82) is 0 Å². The highest BCUT2D eigenvalue weighted by atomic mass is 32.1. The molecular weight excluding hydrogens is 362 g/mol. The van der Waals surface area contributed by atoms with Crippen molar-refractivity contribution < 1.29 is 9.53 Å². The number of aromatic nitrogens is 3.